The number of ketones is 1. The Morgan fingerprint density at radius 3 is 2.59 bits per heavy atom. The Labute approximate surface area is 103 Å². The fourth-order valence-electron chi connectivity index (χ4n) is 1.58. The molecule has 0 saturated heterocycles. The third-order valence-electron chi connectivity index (χ3n) is 2.92. The van der Waals surface area contributed by atoms with Crippen molar-refractivity contribution in [3.8, 4) is 0 Å². The van der Waals surface area contributed by atoms with Gasteiger partial charge in [0.05, 0.1) is 13.2 Å². The molecule has 0 amide bonds. The van der Waals surface area contributed by atoms with Crippen LogP contribution in [0.2, 0.25) is 0 Å². The zero-order chi connectivity index (χ0) is 12.8. The molecule has 0 atom stereocenters. The van der Waals surface area contributed by atoms with Crippen LogP contribution in [0.5, 0.6) is 0 Å². The van der Waals surface area contributed by atoms with Gasteiger partial charge in [0.25, 0.3) is 0 Å². The Bertz CT molecular complexity index is 388. The molecule has 17 heavy (non-hydrogen) atoms. The molecule has 0 aliphatic carbocycles. The maximum absolute atomic E-state index is 12.0. The summed E-state index contributed by atoms with van der Waals surface area (Å²) in [6.45, 7) is 5.94. The van der Waals surface area contributed by atoms with E-state index in [1.165, 1.54) is 5.56 Å². The maximum Gasteiger partial charge on any atom is 0.176 e. The summed E-state index contributed by atoms with van der Waals surface area (Å²) in [5.41, 5.74) is 3.17. The first-order valence-electron chi connectivity index (χ1n) is 5.82. The van der Waals surface area contributed by atoms with Gasteiger partial charge in [0.2, 0.25) is 0 Å². The van der Waals surface area contributed by atoms with E-state index >= 15 is 0 Å². The Kier molecular flexibility index (Phi) is 5.32. The summed E-state index contributed by atoms with van der Waals surface area (Å²) in [6, 6.07) is 5.86. The molecule has 0 radical (unpaired) electrons. The summed E-state index contributed by atoms with van der Waals surface area (Å²) in [6.07, 6.45) is 0. The monoisotopic (exact) mass is 235 g/mol. The lowest BCUT2D eigenvalue weighted by molar-refractivity contribution is 0.0922. The number of carbonyl (C=O) groups is 1. The van der Waals surface area contributed by atoms with Gasteiger partial charge >= 0.3 is 0 Å². The van der Waals surface area contributed by atoms with Crippen molar-refractivity contribution in [1.82, 2.24) is 4.90 Å². The molecule has 0 aliphatic heterocycles. The Morgan fingerprint density at radius 2 is 2.00 bits per heavy atom. The van der Waals surface area contributed by atoms with Crippen LogP contribution in [0.4, 0.5) is 0 Å². The number of methoxy groups -OCH3 is 1. The predicted octanol–water partition coefficient (Wildman–Crippen LogP) is 2.06. The minimum atomic E-state index is 0.159. The van der Waals surface area contributed by atoms with E-state index in [1.54, 1.807) is 7.11 Å². The number of likely N-dealkylation sites (N-methyl/N-ethyl adjacent to an activating group) is 1. The van der Waals surface area contributed by atoms with Crippen LogP contribution in [0, 0.1) is 13.8 Å². The highest BCUT2D eigenvalue weighted by Crippen LogP contribution is 2.10. The van der Waals surface area contributed by atoms with Gasteiger partial charge in [0.15, 0.2) is 5.78 Å². The molecule has 0 saturated carbocycles. The van der Waals surface area contributed by atoms with Crippen LogP contribution in [0.15, 0.2) is 18.2 Å². The lowest BCUT2D eigenvalue weighted by Crippen LogP contribution is -2.29. The summed E-state index contributed by atoms with van der Waals surface area (Å²) < 4.78 is 4.98. The fraction of sp³-hybridized carbons (Fsp3) is 0.500. The van der Waals surface area contributed by atoms with Crippen LogP contribution >= 0.6 is 0 Å². The first-order valence-corrected chi connectivity index (χ1v) is 5.82. The molecule has 0 spiro atoms. The summed E-state index contributed by atoms with van der Waals surface area (Å²) >= 11 is 0. The standard InChI is InChI=1S/C14H21NO2/c1-11-5-6-13(9-12(11)2)14(16)10-15(3)7-8-17-4/h5-6,9H,7-8,10H2,1-4H3. The molecule has 1 aromatic rings. The van der Waals surface area contributed by atoms with E-state index in [2.05, 4.69) is 0 Å². The van der Waals surface area contributed by atoms with E-state index in [4.69, 9.17) is 4.74 Å². The third kappa shape index (κ3) is 4.29. The molecule has 0 aliphatic rings. The van der Waals surface area contributed by atoms with E-state index in [-0.39, 0.29) is 5.78 Å². The van der Waals surface area contributed by atoms with Gasteiger partial charge in [-0.25, -0.2) is 0 Å². The van der Waals surface area contributed by atoms with Crippen LogP contribution in [0.25, 0.3) is 0 Å². The highest BCUT2D eigenvalue weighted by molar-refractivity contribution is 5.97. The first-order chi connectivity index (χ1) is 8.04. The lowest BCUT2D eigenvalue weighted by atomic mass is 10.0. The summed E-state index contributed by atoms with van der Waals surface area (Å²) in [7, 11) is 3.59. The topological polar surface area (TPSA) is 29.5 Å². The first kappa shape index (κ1) is 13.9. The summed E-state index contributed by atoms with van der Waals surface area (Å²) in [5.74, 6) is 0.159. The smallest absolute Gasteiger partial charge is 0.176 e. The highest BCUT2D eigenvalue weighted by atomic mass is 16.5. The maximum atomic E-state index is 12.0. The van der Waals surface area contributed by atoms with E-state index in [1.807, 2.05) is 44.0 Å². The van der Waals surface area contributed by atoms with Gasteiger partial charge in [-0.1, -0.05) is 12.1 Å². The average Bonchev–Trinajstić information content (AvgIpc) is 2.30. The molecule has 1 aromatic carbocycles. The quantitative estimate of drug-likeness (QED) is 0.707. The minimum Gasteiger partial charge on any atom is -0.383 e. The van der Waals surface area contributed by atoms with Gasteiger partial charge in [-0.3, -0.25) is 9.69 Å². The van der Waals surface area contributed by atoms with Gasteiger partial charge in [-0.15, -0.1) is 0 Å². The van der Waals surface area contributed by atoms with Gasteiger partial charge in [-0.2, -0.15) is 0 Å². The van der Waals surface area contributed by atoms with E-state index in [9.17, 15) is 4.79 Å². The van der Waals surface area contributed by atoms with Gasteiger partial charge in [0, 0.05) is 19.2 Å². The molecule has 0 N–H and O–H groups in total. The molecule has 3 heteroatoms. The number of benzene rings is 1. The third-order valence-corrected chi connectivity index (χ3v) is 2.92. The van der Waals surface area contributed by atoms with Crippen LogP contribution in [-0.2, 0) is 4.74 Å². The summed E-state index contributed by atoms with van der Waals surface area (Å²) in [4.78, 5) is 14.0. The number of aryl methyl sites for hydroxylation is 2. The van der Waals surface area contributed by atoms with Crippen molar-refractivity contribution in [1.29, 1.82) is 0 Å². The number of nitrogens with zero attached hydrogens (tertiary/aromatic N) is 1. The largest absolute Gasteiger partial charge is 0.383 e. The van der Waals surface area contributed by atoms with Crippen molar-refractivity contribution >= 4 is 5.78 Å². The predicted molar refractivity (Wildman–Crippen MR) is 69.6 cm³/mol. The molecular formula is C14H21NO2. The number of hydrogen-bond acceptors (Lipinski definition) is 3. The van der Waals surface area contributed by atoms with Crippen LogP contribution in [0.3, 0.4) is 0 Å². The van der Waals surface area contributed by atoms with Crippen molar-refractivity contribution in [2.45, 2.75) is 13.8 Å². The molecule has 0 fully saturated rings. The summed E-state index contributed by atoms with van der Waals surface area (Å²) in [5, 5.41) is 0. The van der Waals surface area contributed by atoms with Crippen molar-refractivity contribution in [2.75, 3.05) is 33.9 Å². The minimum absolute atomic E-state index is 0.159. The van der Waals surface area contributed by atoms with E-state index in [0.29, 0.717) is 13.2 Å². The molecule has 0 unspecified atom stereocenters. The lowest BCUT2D eigenvalue weighted by Gasteiger charge is -2.15. The van der Waals surface area contributed by atoms with E-state index < -0.39 is 0 Å². The van der Waals surface area contributed by atoms with Crippen molar-refractivity contribution in [3.63, 3.8) is 0 Å². The number of Topliss-reactive ketones (excluding diaryl/α,β-unsaturated/α-hetero) is 1. The molecular weight excluding hydrogens is 214 g/mol. The van der Waals surface area contributed by atoms with Gasteiger partial charge < -0.3 is 4.74 Å². The van der Waals surface area contributed by atoms with E-state index in [0.717, 1.165) is 17.7 Å². The van der Waals surface area contributed by atoms with Gasteiger partial charge in [-0.05, 0) is 38.1 Å². The van der Waals surface area contributed by atoms with Crippen molar-refractivity contribution in [2.24, 2.45) is 0 Å². The average molecular weight is 235 g/mol. The second-order valence-corrected chi connectivity index (χ2v) is 4.45. The highest BCUT2D eigenvalue weighted by Gasteiger charge is 2.09. The van der Waals surface area contributed by atoms with Crippen LogP contribution in [0.1, 0.15) is 21.5 Å². The molecule has 1 rings (SSSR count). The number of rotatable bonds is 6. The SMILES string of the molecule is COCCN(C)CC(=O)c1ccc(C)c(C)c1. The number of hydrogen-bond donors (Lipinski definition) is 0. The molecule has 0 aromatic heterocycles. The Morgan fingerprint density at radius 1 is 1.29 bits per heavy atom. The number of ether oxygens (including phenoxy) is 1. The molecule has 0 heterocycles. The molecule has 3 nitrogen and oxygen atoms in total. The van der Waals surface area contributed by atoms with Gasteiger partial charge in [0.1, 0.15) is 0 Å². The zero-order valence-electron chi connectivity index (χ0n) is 11.1. The Balaban J connectivity index is 2.60. The second-order valence-electron chi connectivity index (χ2n) is 4.45. The number of carbonyl (C=O) groups excluding carboxylic acids is 1. The fourth-order valence-corrected chi connectivity index (χ4v) is 1.58. The normalized spacial score (nSPS) is 10.9. The Hall–Kier alpha value is -1.19. The van der Waals surface area contributed by atoms with Crippen molar-refractivity contribution < 1.29 is 9.53 Å². The van der Waals surface area contributed by atoms with Crippen molar-refractivity contribution in [3.05, 3.63) is 34.9 Å². The molecule has 0 bridgehead atoms. The van der Waals surface area contributed by atoms with Crippen LogP contribution in [-0.4, -0.2) is 44.5 Å². The second kappa shape index (κ2) is 6.52. The van der Waals surface area contributed by atoms with Crippen LogP contribution < -0.4 is 0 Å². The zero-order valence-corrected chi connectivity index (χ0v) is 11.1. The molecule has 94 valence electrons.